The number of aromatic amines is 1. The van der Waals surface area contributed by atoms with Crippen LogP contribution < -0.4 is 5.73 Å². The lowest BCUT2D eigenvalue weighted by Crippen LogP contribution is -2.41. The Hall–Kier alpha value is -1.41. The Morgan fingerprint density at radius 2 is 2.18 bits per heavy atom. The molecular weight excluding hydrogens is 242 g/mol. The van der Waals surface area contributed by atoms with Gasteiger partial charge in [0.1, 0.15) is 0 Å². The summed E-state index contributed by atoms with van der Waals surface area (Å²) < 4.78 is 25.6. The van der Waals surface area contributed by atoms with Gasteiger partial charge in [0, 0.05) is 19.0 Å². The molecule has 2 heterocycles. The Bertz CT molecular complexity index is 487. The average molecular weight is 257 g/mol. The van der Waals surface area contributed by atoms with Crippen molar-refractivity contribution in [3.63, 3.8) is 0 Å². The van der Waals surface area contributed by atoms with Crippen molar-refractivity contribution in [1.29, 1.82) is 5.41 Å². The van der Waals surface area contributed by atoms with Crippen LogP contribution in [-0.2, 0) is 10.0 Å². The number of hydrogen-bond donors (Lipinski definition) is 3. The largest absolute Gasteiger partial charge is 0.387 e. The van der Waals surface area contributed by atoms with Crippen molar-refractivity contribution < 1.29 is 8.42 Å². The fourth-order valence-electron chi connectivity index (χ4n) is 1.93. The van der Waals surface area contributed by atoms with Crippen LogP contribution in [0, 0.1) is 11.3 Å². The maximum atomic E-state index is 12.1. The van der Waals surface area contributed by atoms with Crippen LogP contribution in [0.1, 0.15) is 12.8 Å². The normalized spacial score (nSPS) is 19.3. The van der Waals surface area contributed by atoms with Crippen LogP contribution >= 0.6 is 0 Å². The van der Waals surface area contributed by atoms with Gasteiger partial charge in [-0.15, -0.1) is 0 Å². The predicted molar refractivity (Wildman–Crippen MR) is 62.0 cm³/mol. The Morgan fingerprint density at radius 1 is 1.53 bits per heavy atom. The van der Waals surface area contributed by atoms with Gasteiger partial charge in [-0.2, -0.15) is 9.40 Å². The number of aromatic nitrogens is 2. The first-order valence-electron chi connectivity index (χ1n) is 5.35. The molecule has 1 aromatic rings. The van der Waals surface area contributed by atoms with E-state index in [1.807, 2.05) is 0 Å². The van der Waals surface area contributed by atoms with Gasteiger partial charge in [0.15, 0.2) is 5.03 Å². The highest BCUT2D eigenvalue weighted by Crippen LogP contribution is 2.22. The van der Waals surface area contributed by atoms with Gasteiger partial charge >= 0.3 is 0 Å². The summed E-state index contributed by atoms with van der Waals surface area (Å²) in [6, 6.07) is 1.44. The van der Waals surface area contributed by atoms with Gasteiger partial charge in [0.25, 0.3) is 10.0 Å². The molecule has 0 saturated carbocycles. The van der Waals surface area contributed by atoms with E-state index in [2.05, 4.69) is 10.2 Å². The third-order valence-electron chi connectivity index (χ3n) is 2.99. The molecule has 0 atom stereocenters. The van der Waals surface area contributed by atoms with E-state index in [4.69, 9.17) is 11.1 Å². The van der Waals surface area contributed by atoms with Crippen molar-refractivity contribution >= 4 is 15.9 Å². The predicted octanol–water partition coefficient (Wildman–Crippen LogP) is -0.254. The van der Waals surface area contributed by atoms with E-state index in [0.29, 0.717) is 25.9 Å². The average Bonchev–Trinajstić information content (AvgIpc) is 2.83. The smallest absolute Gasteiger partial charge is 0.259 e. The summed E-state index contributed by atoms with van der Waals surface area (Å²) in [6.07, 6.45) is 2.61. The van der Waals surface area contributed by atoms with Gasteiger partial charge in [-0.1, -0.05) is 0 Å². The SMILES string of the molecule is N=C(N)C1CCN(S(=O)(=O)c2ccn[nH]2)CC1. The van der Waals surface area contributed by atoms with Gasteiger partial charge in [0.05, 0.1) is 12.0 Å². The van der Waals surface area contributed by atoms with E-state index in [-0.39, 0.29) is 16.8 Å². The number of hydrogen-bond acceptors (Lipinski definition) is 4. The zero-order valence-electron chi connectivity index (χ0n) is 9.26. The minimum atomic E-state index is -3.46. The van der Waals surface area contributed by atoms with Crippen molar-refractivity contribution in [2.45, 2.75) is 17.9 Å². The number of amidine groups is 1. The number of sulfonamides is 1. The first kappa shape index (κ1) is 12.1. The molecule has 0 unspecified atom stereocenters. The van der Waals surface area contributed by atoms with Crippen LogP contribution in [0.5, 0.6) is 0 Å². The molecule has 0 spiro atoms. The van der Waals surface area contributed by atoms with Gasteiger partial charge < -0.3 is 5.73 Å². The maximum absolute atomic E-state index is 12.1. The minimum absolute atomic E-state index is 0.00298. The standard InChI is InChI=1S/C9H15N5O2S/c10-9(11)7-2-5-14(6-3-7)17(15,16)8-1-4-12-13-8/h1,4,7H,2-3,5-6H2,(H3,10,11)(H,12,13). The highest BCUT2D eigenvalue weighted by Gasteiger charge is 2.30. The van der Waals surface area contributed by atoms with E-state index >= 15 is 0 Å². The lowest BCUT2D eigenvalue weighted by molar-refractivity contribution is 0.313. The first-order valence-corrected chi connectivity index (χ1v) is 6.79. The second kappa shape index (κ2) is 4.46. The van der Waals surface area contributed by atoms with Crippen LogP contribution in [-0.4, -0.2) is 41.8 Å². The fraction of sp³-hybridized carbons (Fsp3) is 0.556. The summed E-state index contributed by atoms with van der Waals surface area (Å²) in [5.41, 5.74) is 5.42. The molecule has 1 aromatic heterocycles. The summed E-state index contributed by atoms with van der Waals surface area (Å²) in [5.74, 6) is 0.145. The monoisotopic (exact) mass is 257 g/mol. The van der Waals surface area contributed by atoms with Crippen LogP contribution in [0.15, 0.2) is 17.3 Å². The molecule has 0 aromatic carbocycles. The Morgan fingerprint density at radius 3 is 2.65 bits per heavy atom. The second-order valence-corrected chi connectivity index (χ2v) is 5.96. The molecule has 1 aliphatic heterocycles. The maximum Gasteiger partial charge on any atom is 0.259 e. The lowest BCUT2D eigenvalue weighted by Gasteiger charge is -2.29. The van der Waals surface area contributed by atoms with E-state index < -0.39 is 10.0 Å². The lowest BCUT2D eigenvalue weighted by atomic mass is 9.97. The molecule has 0 amide bonds. The zero-order chi connectivity index (χ0) is 12.5. The highest BCUT2D eigenvalue weighted by atomic mass is 32.2. The highest BCUT2D eigenvalue weighted by molar-refractivity contribution is 7.89. The molecule has 0 bridgehead atoms. The van der Waals surface area contributed by atoms with Crippen molar-refractivity contribution in [1.82, 2.24) is 14.5 Å². The molecule has 1 aliphatic rings. The van der Waals surface area contributed by atoms with E-state index in [0.717, 1.165) is 0 Å². The molecule has 2 rings (SSSR count). The van der Waals surface area contributed by atoms with Crippen LogP contribution in [0.25, 0.3) is 0 Å². The number of nitrogens with two attached hydrogens (primary N) is 1. The van der Waals surface area contributed by atoms with E-state index in [9.17, 15) is 8.42 Å². The van der Waals surface area contributed by atoms with Gasteiger partial charge in [-0.25, -0.2) is 8.42 Å². The molecule has 7 nitrogen and oxygen atoms in total. The molecule has 0 radical (unpaired) electrons. The molecule has 1 fully saturated rings. The van der Waals surface area contributed by atoms with Crippen LogP contribution in [0.2, 0.25) is 0 Å². The van der Waals surface area contributed by atoms with Crippen molar-refractivity contribution in [2.75, 3.05) is 13.1 Å². The number of nitrogens with zero attached hydrogens (tertiary/aromatic N) is 2. The molecule has 0 aliphatic carbocycles. The summed E-state index contributed by atoms with van der Waals surface area (Å²) in [6.45, 7) is 0.789. The van der Waals surface area contributed by atoms with Gasteiger partial charge in [0.2, 0.25) is 0 Å². The molecule has 94 valence electrons. The van der Waals surface area contributed by atoms with Gasteiger partial charge in [-0.05, 0) is 18.9 Å². The van der Waals surface area contributed by atoms with E-state index in [1.54, 1.807) is 0 Å². The molecule has 8 heteroatoms. The zero-order valence-corrected chi connectivity index (χ0v) is 10.1. The first-order chi connectivity index (χ1) is 8.01. The summed E-state index contributed by atoms with van der Waals surface area (Å²) >= 11 is 0. The Kier molecular flexibility index (Phi) is 3.16. The van der Waals surface area contributed by atoms with E-state index in [1.165, 1.54) is 16.6 Å². The quantitative estimate of drug-likeness (QED) is 0.511. The summed E-state index contributed by atoms with van der Waals surface area (Å²) in [5, 5.41) is 13.6. The van der Waals surface area contributed by atoms with Crippen molar-refractivity contribution in [3.8, 4) is 0 Å². The third kappa shape index (κ3) is 2.32. The number of H-pyrrole nitrogens is 1. The van der Waals surface area contributed by atoms with Crippen LogP contribution in [0.4, 0.5) is 0 Å². The van der Waals surface area contributed by atoms with Crippen molar-refractivity contribution in [3.05, 3.63) is 12.3 Å². The summed E-state index contributed by atoms with van der Waals surface area (Å²) in [7, 11) is -3.46. The van der Waals surface area contributed by atoms with Gasteiger partial charge in [-0.3, -0.25) is 10.5 Å². The fourth-order valence-corrected chi connectivity index (χ4v) is 3.30. The Balaban J connectivity index is 2.09. The molecule has 17 heavy (non-hydrogen) atoms. The minimum Gasteiger partial charge on any atom is -0.387 e. The second-order valence-electron chi connectivity index (χ2n) is 4.05. The number of rotatable bonds is 3. The topological polar surface area (TPSA) is 116 Å². The number of nitrogens with one attached hydrogen (secondary N) is 2. The number of piperidine rings is 1. The Labute approximate surface area is 99.6 Å². The third-order valence-corrected chi connectivity index (χ3v) is 4.81. The molecule has 1 saturated heterocycles. The van der Waals surface area contributed by atoms with Crippen LogP contribution in [0.3, 0.4) is 0 Å². The summed E-state index contributed by atoms with van der Waals surface area (Å²) in [4.78, 5) is 0. The molecular formula is C9H15N5O2S. The van der Waals surface area contributed by atoms with Crippen molar-refractivity contribution in [2.24, 2.45) is 11.7 Å². The molecule has 4 N–H and O–H groups in total.